The van der Waals surface area contributed by atoms with Crippen LogP contribution in [0.2, 0.25) is 0 Å². The van der Waals surface area contributed by atoms with E-state index < -0.39 is 25.7 Å². The monoisotopic (exact) mass is 236 g/mol. The summed E-state index contributed by atoms with van der Waals surface area (Å²) >= 11 is 3.88. The summed E-state index contributed by atoms with van der Waals surface area (Å²) in [6, 6.07) is 0. The lowest BCUT2D eigenvalue weighted by Crippen LogP contribution is -2.42. The summed E-state index contributed by atoms with van der Waals surface area (Å²) in [6.45, 7) is 0. The quantitative estimate of drug-likeness (QED) is 0.331. The highest BCUT2D eigenvalue weighted by atomic mass is 32.3. The van der Waals surface area contributed by atoms with Gasteiger partial charge in [-0.15, -0.1) is 0 Å². The van der Waals surface area contributed by atoms with Gasteiger partial charge in [0, 0.05) is 0 Å². The Bertz CT molecular complexity index is 364. The van der Waals surface area contributed by atoms with E-state index in [1.807, 2.05) is 0 Å². The van der Waals surface area contributed by atoms with Crippen LogP contribution in [0.1, 0.15) is 0 Å². The molecule has 0 heterocycles. The average molecular weight is 236 g/mol. The van der Waals surface area contributed by atoms with Crippen molar-refractivity contribution in [3.05, 3.63) is 0 Å². The van der Waals surface area contributed by atoms with E-state index in [9.17, 15) is 16.8 Å². The van der Waals surface area contributed by atoms with Gasteiger partial charge in [-0.1, -0.05) is 4.13 Å². The molecule has 0 aliphatic rings. The summed E-state index contributed by atoms with van der Waals surface area (Å²) in [5.74, 6) is 0. The lowest BCUT2D eigenvalue weighted by Gasteiger charge is -2.02. The van der Waals surface area contributed by atoms with Gasteiger partial charge in [0.25, 0.3) is 5.17 Å². The van der Waals surface area contributed by atoms with E-state index in [1.165, 1.54) is 4.72 Å². The van der Waals surface area contributed by atoms with Crippen LogP contribution in [0, 0.1) is 0 Å². The molecule has 0 unspecified atom stereocenters. The lowest BCUT2D eigenvalue weighted by atomic mass is 11.4. The summed E-state index contributed by atoms with van der Waals surface area (Å²) < 4.78 is 50.7. The van der Waals surface area contributed by atoms with E-state index in [-0.39, 0.29) is 0 Å². The van der Waals surface area contributed by atoms with Gasteiger partial charge in [-0.2, -0.15) is 16.8 Å². The molecule has 11 heteroatoms. The highest BCUT2D eigenvalue weighted by molar-refractivity contribution is 8.02. The van der Waals surface area contributed by atoms with Crippen molar-refractivity contribution in [3.8, 4) is 0 Å². The van der Waals surface area contributed by atoms with Gasteiger partial charge in [0.2, 0.25) is 0 Å². The predicted molar refractivity (Wildman–Crippen MR) is 42.0 cm³/mol. The Morgan fingerprint density at radius 2 is 1.67 bits per heavy atom. The minimum Gasteiger partial charge on any atom is -0.486 e. The number of aliphatic hydroxyl groups excluding tert-OH is 1. The molecule has 0 atom stereocenters. The van der Waals surface area contributed by atoms with Crippen LogP contribution in [0.25, 0.3) is 0 Å². The molecule has 0 spiro atoms. The van der Waals surface area contributed by atoms with Gasteiger partial charge in [0.15, 0.2) is 0 Å². The van der Waals surface area contributed by atoms with E-state index in [1.54, 1.807) is 0 Å². The van der Waals surface area contributed by atoms with Gasteiger partial charge in [-0.25, -0.2) is 4.72 Å². The van der Waals surface area contributed by atoms with E-state index in [0.29, 0.717) is 0 Å². The molecule has 0 aliphatic heterocycles. The molecule has 0 saturated heterocycles. The van der Waals surface area contributed by atoms with E-state index in [2.05, 4.69) is 12.2 Å². The van der Waals surface area contributed by atoms with E-state index in [4.69, 9.17) is 9.66 Å². The van der Waals surface area contributed by atoms with Crippen molar-refractivity contribution in [1.29, 1.82) is 0 Å². The van der Waals surface area contributed by atoms with Gasteiger partial charge >= 0.3 is 20.5 Å². The van der Waals surface area contributed by atoms with Crippen molar-refractivity contribution in [3.63, 3.8) is 0 Å². The molecule has 0 rings (SSSR count). The highest BCUT2D eigenvalue weighted by Gasteiger charge is 2.18. The number of aliphatic hydroxyl groups is 1. The summed E-state index contributed by atoms with van der Waals surface area (Å²) in [5.41, 5.74) is 0. The fraction of sp³-hybridized carbons (Fsp3) is 0. The Balaban J connectivity index is 4.58. The summed E-state index contributed by atoms with van der Waals surface area (Å²) in [5, 5.41) is 7.06. The van der Waals surface area contributed by atoms with Crippen LogP contribution >= 0.6 is 12.2 Å². The molecular formula is CH4N2O6S3. The van der Waals surface area contributed by atoms with Crippen LogP contribution in [-0.4, -0.2) is 31.7 Å². The Morgan fingerprint density at radius 1 is 1.25 bits per heavy atom. The van der Waals surface area contributed by atoms with Gasteiger partial charge in [0.05, 0.1) is 0 Å². The molecular weight excluding hydrogens is 232 g/mol. The third-order valence-corrected chi connectivity index (χ3v) is 2.85. The number of hydrogen-bond donors (Lipinski definition) is 4. The maximum absolute atomic E-state index is 10.4. The van der Waals surface area contributed by atoms with Crippen LogP contribution in [-0.2, 0) is 20.5 Å². The minimum atomic E-state index is -4.90. The zero-order valence-electron chi connectivity index (χ0n) is 5.25. The minimum absolute atomic E-state index is 0.768. The van der Waals surface area contributed by atoms with Gasteiger partial charge in [-0.3, -0.25) is 4.55 Å². The van der Waals surface area contributed by atoms with E-state index >= 15 is 0 Å². The van der Waals surface area contributed by atoms with Crippen molar-refractivity contribution >= 4 is 37.9 Å². The van der Waals surface area contributed by atoms with Crippen molar-refractivity contribution in [1.82, 2.24) is 8.85 Å². The molecule has 0 amide bonds. The molecule has 4 N–H and O–H groups in total. The Labute approximate surface area is 73.7 Å². The summed E-state index contributed by atoms with van der Waals surface area (Å²) in [4.78, 5) is 0. The summed E-state index contributed by atoms with van der Waals surface area (Å²) in [7, 11) is -9.47. The normalized spacial score (nSPS) is 12.4. The van der Waals surface area contributed by atoms with Crippen LogP contribution < -0.4 is 8.85 Å². The van der Waals surface area contributed by atoms with Crippen molar-refractivity contribution < 1.29 is 26.5 Å². The molecule has 0 fully saturated rings. The van der Waals surface area contributed by atoms with Crippen LogP contribution in [0.5, 0.6) is 0 Å². The third-order valence-electron chi connectivity index (χ3n) is 0.437. The molecule has 72 valence electrons. The smallest absolute Gasteiger partial charge is 0.348 e. The zero-order chi connectivity index (χ0) is 9.99. The second-order valence-electron chi connectivity index (χ2n) is 1.47. The maximum atomic E-state index is 10.4. The Morgan fingerprint density at radius 3 is 1.92 bits per heavy atom. The fourth-order valence-corrected chi connectivity index (χ4v) is 2.11. The first-order valence-corrected chi connectivity index (χ1v) is 5.47. The van der Waals surface area contributed by atoms with Gasteiger partial charge < -0.3 is 5.11 Å². The summed E-state index contributed by atoms with van der Waals surface area (Å²) in [6.07, 6.45) is 0. The molecule has 0 aromatic heterocycles. The second kappa shape index (κ2) is 3.49. The molecule has 0 saturated carbocycles. The highest BCUT2D eigenvalue weighted by Crippen LogP contribution is 1.81. The number of nitrogens with one attached hydrogen (secondary N) is 2. The molecule has 0 bridgehead atoms. The lowest BCUT2D eigenvalue weighted by molar-refractivity contribution is 0.476. The van der Waals surface area contributed by atoms with Gasteiger partial charge in [-0.05, 0) is 12.2 Å². The molecule has 8 nitrogen and oxygen atoms in total. The topological polar surface area (TPSA) is 133 Å². The fourth-order valence-electron chi connectivity index (χ4n) is 0.274. The van der Waals surface area contributed by atoms with Crippen LogP contribution in [0.15, 0.2) is 0 Å². The van der Waals surface area contributed by atoms with Gasteiger partial charge in [0.1, 0.15) is 0 Å². The SMILES string of the molecule is O=S(=O)(O)NS(=O)(=O)NC(O)=S. The maximum Gasteiger partial charge on any atom is 0.348 e. The molecule has 0 radical (unpaired) electrons. The standard InChI is InChI=1S/CH4N2O6S3/c4-1(10)2-11(5,6)3-12(7,8)9/h3H,(H2,2,4,10)(H,7,8,9). The zero-order valence-corrected chi connectivity index (χ0v) is 7.70. The Hall–Kier alpha value is -0.490. The largest absolute Gasteiger partial charge is 0.486 e. The third kappa shape index (κ3) is 6.23. The average Bonchev–Trinajstić information content (AvgIpc) is 1.48. The molecule has 0 aromatic carbocycles. The predicted octanol–water partition coefficient (Wildman–Crippen LogP) is -1.94. The number of hydrogen-bond acceptors (Lipinski definition) is 5. The molecule has 0 aliphatic carbocycles. The number of rotatable bonds is 3. The first-order valence-electron chi connectivity index (χ1n) is 2.14. The van der Waals surface area contributed by atoms with E-state index in [0.717, 1.165) is 4.13 Å². The van der Waals surface area contributed by atoms with Crippen molar-refractivity contribution in [2.45, 2.75) is 0 Å². The molecule has 12 heavy (non-hydrogen) atoms. The van der Waals surface area contributed by atoms with Crippen molar-refractivity contribution in [2.75, 3.05) is 0 Å². The molecule has 0 aromatic rings. The first-order chi connectivity index (χ1) is 5.12. The van der Waals surface area contributed by atoms with Crippen LogP contribution in [0.4, 0.5) is 0 Å². The van der Waals surface area contributed by atoms with Crippen LogP contribution in [0.3, 0.4) is 0 Å². The van der Waals surface area contributed by atoms with Crippen molar-refractivity contribution in [2.24, 2.45) is 0 Å². The Kier molecular flexibility index (Phi) is 3.34. The second-order valence-corrected chi connectivity index (χ2v) is 4.68. The first kappa shape index (κ1) is 11.5. The number of thiocarbonyl (C=S) groups is 1.